The van der Waals surface area contributed by atoms with E-state index in [2.05, 4.69) is 22.1 Å². The minimum atomic E-state index is -0.0818. The van der Waals surface area contributed by atoms with Crippen LogP contribution >= 0.6 is 0 Å². The average molecular weight is 327 g/mol. The first-order valence-electron chi connectivity index (χ1n) is 8.67. The number of nitrogens with zero attached hydrogens (tertiary/aromatic N) is 2. The third kappa shape index (κ3) is 3.85. The number of hydrogen-bond acceptors (Lipinski definition) is 4. The third-order valence-electron chi connectivity index (χ3n) is 4.59. The minimum absolute atomic E-state index is 0.0818. The first kappa shape index (κ1) is 16.7. The van der Waals surface area contributed by atoms with Crippen LogP contribution in [0.5, 0.6) is 5.75 Å². The summed E-state index contributed by atoms with van der Waals surface area (Å²) in [5, 5.41) is 4.10. The van der Waals surface area contributed by atoms with Crippen molar-refractivity contribution in [3.8, 4) is 5.75 Å². The number of carbonyl (C=O) groups is 1. The maximum absolute atomic E-state index is 12.5. The molecule has 24 heavy (non-hydrogen) atoms. The topological polar surface area (TPSA) is 54.5 Å². The highest BCUT2D eigenvalue weighted by molar-refractivity contribution is 5.95. The van der Waals surface area contributed by atoms with E-state index in [1.807, 2.05) is 24.3 Å². The summed E-state index contributed by atoms with van der Waals surface area (Å²) >= 11 is 0. The second-order valence-corrected chi connectivity index (χ2v) is 6.34. The minimum Gasteiger partial charge on any atom is -0.497 e. The summed E-state index contributed by atoms with van der Waals surface area (Å²) in [7, 11) is 1.64. The summed E-state index contributed by atoms with van der Waals surface area (Å²) in [5.41, 5.74) is 1.28. The normalized spacial score (nSPS) is 16.2. The Morgan fingerprint density at radius 1 is 1.29 bits per heavy atom. The molecule has 2 aromatic rings. The van der Waals surface area contributed by atoms with E-state index in [0.29, 0.717) is 5.69 Å². The van der Waals surface area contributed by atoms with Crippen LogP contribution in [0.4, 0.5) is 0 Å². The third-order valence-corrected chi connectivity index (χ3v) is 4.59. The fourth-order valence-electron chi connectivity index (χ4n) is 3.23. The summed E-state index contributed by atoms with van der Waals surface area (Å²) in [4.78, 5) is 19.4. The zero-order valence-electron chi connectivity index (χ0n) is 14.4. The lowest BCUT2D eigenvalue weighted by molar-refractivity contribution is 0.0906. The quantitative estimate of drug-likeness (QED) is 0.917. The van der Waals surface area contributed by atoms with Crippen LogP contribution in [0, 0.1) is 0 Å². The number of pyridine rings is 1. The molecule has 1 aliphatic rings. The molecule has 3 rings (SSSR count). The highest BCUT2D eigenvalue weighted by atomic mass is 16.5. The molecule has 0 radical (unpaired) electrons. The van der Waals surface area contributed by atoms with Crippen molar-refractivity contribution >= 4 is 16.8 Å². The number of benzene rings is 1. The van der Waals surface area contributed by atoms with Crippen LogP contribution in [0.15, 0.2) is 30.3 Å². The number of fused-ring (bicyclic) bond motifs is 1. The number of piperidine rings is 1. The maximum Gasteiger partial charge on any atom is 0.270 e. The number of amides is 1. The molecule has 1 fully saturated rings. The van der Waals surface area contributed by atoms with E-state index < -0.39 is 0 Å². The van der Waals surface area contributed by atoms with Gasteiger partial charge in [0.1, 0.15) is 11.4 Å². The Labute approximate surface area is 143 Å². The summed E-state index contributed by atoms with van der Waals surface area (Å²) in [5.74, 6) is 0.710. The van der Waals surface area contributed by atoms with E-state index in [-0.39, 0.29) is 11.9 Å². The Morgan fingerprint density at radius 3 is 2.79 bits per heavy atom. The van der Waals surface area contributed by atoms with Gasteiger partial charge >= 0.3 is 0 Å². The summed E-state index contributed by atoms with van der Waals surface area (Å²) in [6.45, 7) is 5.47. The van der Waals surface area contributed by atoms with Crippen molar-refractivity contribution in [3.05, 3.63) is 36.0 Å². The number of ether oxygens (including phenoxy) is 1. The van der Waals surface area contributed by atoms with Gasteiger partial charge in [0.15, 0.2) is 0 Å². The van der Waals surface area contributed by atoms with Crippen molar-refractivity contribution in [2.45, 2.75) is 32.2 Å². The Balaban J connectivity index is 1.64. The number of hydrogen-bond donors (Lipinski definition) is 1. The molecule has 128 valence electrons. The van der Waals surface area contributed by atoms with E-state index in [1.54, 1.807) is 13.2 Å². The number of nitrogens with one attached hydrogen (secondary N) is 1. The molecule has 1 amide bonds. The van der Waals surface area contributed by atoms with E-state index in [4.69, 9.17) is 4.74 Å². The van der Waals surface area contributed by atoms with Crippen LogP contribution in [-0.2, 0) is 0 Å². The van der Waals surface area contributed by atoms with Gasteiger partial charge in [-0.15, -0.1) is 0 Å². The van der Waals surface area contributed by atoms with Gasteiger partial charge in [-0.3, -0.25) is 4.79 Å². The van der Waals surface area contributed by atoms with Crippen LogP contribution in [0.25, 0.3) is 10.9 Å². The lowest BCUT2D eigenvalue weighted by atomic mass is 10.0. The lowest BCUT2D eigenvalue weighted by Gasteiger charge is -2.32. The Hall–Kier alpha value is -2.14. The maximum atomic E-state index is 12.5. The fourth-order valence-corrected chi connectivity index (χ4v) is 3.23. The van der Waals surface area contributed by atoms with Crippen molar-refractivity contribution in [2.75, 3.05) is 26.7 Å². The number of likely N-dealkylation sites (tertiary alicyclic amines) is 1. The predicted molar refractivity (Wildman–Crippen MR) is 95.5 cm³/mol. The van der Waals surface area contributed by atoms with Crippen molar-refractivity contribution in [1.82, 2.24) is 15.2 Å². The van der Waals surface area contributed by atoms with Crippen LogP contribution < -0.4 is 10.1 Å². The van der Waals surface area contributed by atoms with Gasteiger partial charge in [0, 0.05) is 24.5 Å². The number of carbonyl (C=O) groups excluding carboxylic acids is 1. The molecule has 5 heteroatoms. The molecule has 2 heterocycles. The second kappa shape index (κ2) is 7.62. The Kier molecular flexibility index (Phi) is 5.30. The van der Waals surface area contributed by atoms with Crippen LogP contribution in [0.1, 0.15) is 36.7 Å². The Morgan fingerprint density at radius 2 is 2.08 bits per heavy atom. The molecule has 1 aromatic carbocycles. The SMILES string of the molecule is CCCN1CCC(NC(=O)c2ccc3cc(OC)ccc3n2)CC1. The number of rotatable bonds is 5. The molecule has 0 atom stereocenters. The van der Waals surface area contributed by atoms with Gasteiger partial charge in [0.25, 0.3) is 5.91 Å². The van der Waals surface area contributed by atoms with Gasteiger partial charge in [-0.25, -0.2) is 4.98 Å². The molecule has 1 saturated heterocycles. The first-order valence-corrected chi connectivity index (χ1v) is 8.67. The van der Waals surface area contributed by atoms with Gasteiger partial charge in [-0.2, -0.15) is 0 Å². The summed E-state index contributed by atoms with van der Waals surface area (Å²) < 4.78 is 5.22. The van der Waals surface area contributed by atoms with E-state index in [0.717, 1.165) is 49.1 Å². The molecule has 1 aliphatic heterocycles. The second-order valence-electron chi connectivity index (χ2n) is 6.34. The predicted octanol–water partition coefficient (Wildman–Crippen LogP) is 2.85. The summed E-state index contributed by atoms with van der Waals surface area (Å²) in [6, 6.07) is 9.62. The van der Waals surface area contributed by atoms with Gasteiger partial charge in [0.2, 0.25) is 0 Å². The summed E-state index contributed by atoms with van der Waals surface area (Å²) in [6.07, 6.45) is 3.20. The smallest absolute Gasteiger partial charge is 0.270 e. The molecular weight excluding hydrogens is 302 g/mol. The average Bonchev–Trinajstić information content (AvgIpc) is 2.62. The van der Waals surface area contributed by atoms with Gasteiger partial charge in [0.05, 0.1) is 12.6 Å². The van der Waals surface area contributed by atoms with Gasteiger partial charge in [-0.1, -0.05) is 13.0 Å². The largest absolute Gasteiger partial charge is 0.497 e. The molecule has 0 aliphatic carbocycles. The van der Waals surface area contributed by atoms with Crippen LogP contribution in [0.3, 0.4) is 0 Å². The standard InChI is InChI=1S/C19H25N3O2/c1-3-10-22-11-8-15(9-12-22)20-19(23)18-6-4-14-13-16(24-2)5-7-17(14)21-18/h4-7,13,15H,3,8-12H2,1-2H3,(H,20,23). The van der Waals surface area contributed by atoms with E-state index >= 15 is 0 Å². The Bertz CT molecular complexity index is 709. The van der Waals surface area contributed by atoms with Crippen molar-refractivity contribution in [1.29, 1.82) is 0 Å². The molecule has 0 spiro atoms. The monoisotopic (exact) mass is 327 g/mol. The van der Waals surface area contributed by atoms with Crippen molar-refractivity contribution in [3.63, 3.8) is 0 Å². The highest BCUT2D eigenvalue weighted by Crippen LogP contribution is 2.20. The highest BCUT2D eigenvalue weighted by Gasteiger charge is 2.21. The molecule has 1 N–H and O–H groups in total. The lowest BCUT2D eigenvalue weighted by Crippen LogP contribution is -2.44. The van der Waals surface area contributed by atoms with Crippen molar-refractivity contribution in [2.24, 2.45) is 0 Å². The number of methoxy groups -OCH3 is 1. The molecular formula is C19H25N3O2. The van der Waals surface area contributed by atoms with Gasteiger partial charge in [-0.05, 0) is 50.1 Å². The zero-order chi connectivity index (χ0) is 16.9. The van der Waals surface area contributed by atoms with E-state index in [9.17, 15) is 4.79 Å². The zero-order valence-corrected chi connectivity index (χ0v) is 14.4. The van der Waals surface area contributed by atoms with E-state index in [1.165, 1.54) is 6.42 Å². The molecule has 0 saturated carbocycles. The van der Waals surface area contributed by atoms with Crippen LogP contribution in [0.2, 0.25) is 0 Å². The molecule has 5 nitrogen and oxygen atoms in total. The number of aromatic nitrogens is 1. The van der Waals surface area contributed by atoms with Crippen molar-refractivity contribution < 1.29 is 9.53 Å². The van der Waals surface area contributed by atoms with Crippen LogP contribution in [-0.4, -0.2) is 48.6 Å². The molecule has 1 aromatic heterocycles. The molecule has 0 bridgehead atoms. The van der Waals surface area contributed by atoms with Gasteiger partial charge < -0.3 is 15.0 Å². The fraction of sp³-hybridized carbons (Fsp3) is 0.474. The molecule has 0 unspecified atom stereocenters. The first-order chi connectivity index (χ1) is 11.7.